The molecule has 0 aromatic heterocycles. The molecule has 0 aliphatic carbocycles. The molecule has 4 nitrogen and oxygen atoms in total. The van der Waals surface area contributed by atoms with Gasteiger partial charge in [-0.15, -0.1) is 0 Å². The first-order valence-electron chi connectivity index (χ1n) is 11.4. The first kappa shape index (κ1) is 27.8. The number of allylic oxidation sites excluding steroid dienone is 2. The Morgan fingerprint density at radius 2 is 0.821 bits per heavy atom. The van der Waals surface area contributed by atoms with E-state index in [0.717, 1.165) is 77.0 Å². The van der Waals surface area contributed by atoms with Crippen molar-refractivity contribution in [1.82, 2.24) is 0 Å². The van der Waals surface area contributed by atoms with Crippen molar-refractivity contribution in [2.75, 3.05) is 26.4 Å². The minimum absolute atomic E-state index is 0.775. The average molecular weight is 431 g/mol. The Kier molecular flexibility index (Phi) is 17.4. The van der Waals surface area contributed by atoms with E-state index < -0.39 is 17.1 Å². The van der Waals surface area contributed by atoms with E-state index in [1.165, 1.54) is 0 Å². The molecule has 166 valence electrons. The molecular formula is C22H46O4Si2. The highest BCUT2D eigenvalue weighted by Crippen LogP contribution is 2.25. The zero-order valence-electron chi connectivity index (χ0n) is 19.4. The Morgan fingerprint density at radius 3 is 1.04 bits per heavy atom. The second-order valence-corrected chi connectivity index (χ2v) is 13.3. The van der Waals surface area contributed by atoms with Crippen LogP contribution in [0.5, 0.6) is 0 Å². The summed E-state index contributed by atoms with van der Waals surface area (Å²) in [5, 5.41) is 0. The highest BCUT2D eigenvalue weighted by molar-refractivity contribution is 6.73. The Labute approximate surface area is 177 Å². The Balaban J connectivity index is 4.98. The normalized spacial score (nSPS) is 13.2. The summed E-state index contributed by atoms with van der Waals surface area (Å²) in [5.41, 5.74) is 4.44. The van der Waals surface area contributed by atoms with Crippen LogP contribution in [-0.4, -0.2) is 43.5 Å². The minimum atomic E-state index is -2.27. The standard InChI is InChI=1S/C22H46O4Si2/c1-7-15-23-27(19-11-5,24-16-8-2)21-13-14-22-28(20-12-6,25-17-9-3)26-18-10-4/h11-12,19-20H,7-10,13-18,21-22H2,1-6H3. The molecule has 0 saturated heterocycles. The van der Waals surface area contributed by atoms with Crippen LogP contribution in [0.4, 0.5) is 0 Å². The van der Waals surface area contributed by atoms with Crippen LogP contribution in [0.1, 0.15) is 80.1 Å². The molecule has 0 rings (SSSR count). The van der Waals surface area contributed by atoms with Crippen LogP contribution in [0, 0.1) is 0 Å². The quantitative estimate of drug-likeness (QED) is 0.171. The maximum absolute atomic E-state index is 6.30. The lowest BCUT2D eigenvalue weighted by molar-refractivity contribution is 0.173. The third kappa shape index (κ3) is 11.7. The maximum Gasteiger partial charge on any atom is 0.364 e. The molecule has 28 heavy (non-hydrogen) atoms. The lowest BCUT2D eigenvalue weighted by Crippen LogP contribution is -2.42. The predicted molar refractivity (Wildman–Crippen MR) is 125 cm³/mol. The molecule has 0 atom stereocenters. The van der Waals surface area contributed by atoms with Gasteiger partial charge in [0.1, 0.15) is 0 Å². The third-order valence-corrected chi connectivity index (χ3v) is 10.9. The fourth-order valence-electron chi connectivity index (χ4n) is 3.08. The van der Waals surface area contributed by atoms with Crippen molar-refractivity contribution in [2.24, 2.45) is 0 Å². The van der Waals surface area contributed by atoms with Crippen molar-refractivity contribution in [1.29, 1.82) is 0 Å². The molecule has 0 spiro atoms. The van der Waals surface area contributed by atoms with Crippen LogP contribution in [0.25, 0.3) is 0 Å². The number of unbranched alkanes of at least 4 members (excludes halogenated alkanes) is 1. The van der Waals surface area contributed by atoms with Gasteiger partial charge in [0.25, 0.3) is 0 Å². The van der Waals surface area contributed by atoms with Gasteiger partial charge in [-0.2, -0.15) is 0 Å². The largest absolute Gasteiger partial charge is 0.391 e. The molecule has 0 radical (unpaired) electrons. The topological polar surface area (TPSA) is 36.9 Å². The van der Waals surface area contributed by atoms with Gasteiger partial charge in [-0.3, -0.25) is 0 Å². The first-order valence-corrected chi connectivity index (χ1v) is 15.6. The molecule has 0 aliphatic heterocycles. The van der Waals surface area contributed by atoms with E-state index in [1.807, 2.05) is 0 Å². The van der Waals surface area contributed by atoms with Crippen molar-refractivity contribution in [3.63, 3.8) is 0 Å². The molecular weight excluding hydrogens is 384 g/mol. The highest BCUT2D eigenvalue weighted by Gasteiger charge is 2.37. The molecule has 0 aromatic rings. The summed E-state index contributed by atoms with van der Waals surface area (Å²) in [6, 6.07) is 2.00. The van der Waals surface area contributed by atoms with Gasteiger partial charge in [0.15, 0.2) is 0 Å². The summed E-state index contributed by atoms with van der Waals surface area (Å²) < 4.78 is 25.2. The van der Waals surface area contributed by atoms with E-state index in [2.05, 4.69) is 65.1 Å². The lowest BCUT2D eigenvalue weighted by atomic mass is 10.4. The highest BCUT2D eigenvalue weighted by atomic mass is 28.4. The van der Waals surface area contributed by atoms with Crippen molar-refractivity contribution >= 4 is 17.1 Å². The van der Waals surface area contributed by atoms with E-state index in [9.17, 15) is 0 Å². The molecule has 0 heterocycles. The van der Waals surface area contributed by atoms with Gasteiger partial charge in [0, 0.05) is 26.4 Å². The summed E-state index contributed by atoms with van der Waals surface area (Å²) >= 11 is 0. The van der Waals surface area contributed by atoms with Crippen LogP contribution in [-0.2, 0) is 17.7 Å². The Hall–Kier alpha value is -0.246. The second kappa shape index (κ2) is 17.6. The SMILES string of the molecule is CC=C[Si](CCCC[Si](C=CC)(OCCC)OCCC)(OCCC)OCCC. The summed E-state index contributed by atoms with van der Waals surface area (Å²) in [5.74, 6) is 0. The summed E-state index contributed by atoms with van der Waals surface area (Å²) in [6.45, 7) is 15.8. The van der Waals surface area contributed by atoms with E-state index in [4.69, 9.17) is 17.7 Å². The zero-order valence-corrected chi connectivity index (χ0v) is 21.4. The van der Waals surface area contributed by atoms with Crippen molar-refractivity contribution in [3.05, 3.63) is 23.6 Å². The fraction of sp³-hybridized carbons (Fsp3) is 0.818. The number of hydrogen-bond donors (Lipinski definition) is 0. The van der Waals surface area contributed by atoms with Crippen molar-refractivity contribution in [2.45, 2.75) is 92.2 Å². The minimum Gasteiger partial charge on any atom is -0.391 e. The van der Waals surface area contributed by atoms with Crippen LogP contribution in [0.15, 0.2) is 23.6 Å². The zero-order chi connectivity index (χ0) is 21.1. The van der Waals surface area contributed by atoms with Gasteiger partial charge in [-0.05, 0) is 63.0 Å². The third-order valence-electron chi connectivity index (χ3n) is 4.34. The smallest absolute Gasteiger partial charge is 0.364 e. The Bertz CT molecular complexity index is 359. The summed E-state index contributed by atoms with van der Waals surface area (Å²) in [6.07, 6.45) is 10.5. The lowest BCUT2D eigenvalue weighted by Gasteiger charge is -2.30. The van der Waals surface area contributed by atoms with Crippen LogP contribution >= 0.6 is 0 Å². The molecule has 0 saturated carbocycles. The van der Waals surface area contributed by atoms with Gasteiger partial charge in [-0.1, -0.05) is 52.7 Å². The number of rotatable bonds is 19. The molecule has 0 amide bonds. The second-order valence-electron chi connectivity index (χ2n) is 7.22. The Morgan fingerprint density at radius 1 is 0.536 bits per heavy atom. The van der Waals surface area contributed by atoms with Gasteiger partial charge in [-0.25, -0.2) is 0 Å². The molecule has 0 bridgehead atoms. The van der Waals surface area contributed by atoms with Crippen LogP contribution < -0.4 is 0 Å². The maximum atomic E-state index is 6.30. The monoisotopic (exact) mass is 430 g/mol. The number of hydrogen-bond acceptors (Lipinski definition) is 4. The van der Waals surface area contributed by atoms with Crippen LogP contribution in [0.3, 0.4) is 0 Å². The average Bonchev–Trinajstić information content (AvgIpc) is 2.71. The molecule has 0 fully saturated rings. The molecule has 0 N–H and O–H groups in total. The molecule has 0 aliphatic rings. The van der Waals surface area contributed by atoms with E-state index in [1.54, 1.807) is 0 Å². The fourth-order valence-corrected chi connectivity index (χ4v) is 9.24. The van der Waals surface area contributed by atoms with Gasteiger partial charge >= 0.3 is 17.1 Å². The predicted octanol–water partition coefficient (Wildman–Crippen LogP) is 6.59. The van der Waals surface area contributed by atoms with E-state index >= 15 is 0 Å². The van der Waals surface area contributed by atoms with Crippen LogP contribution in [0.2, 0.25) is 12.1 Å². The molecule has 0 aromatic carbocycles. The first-order chi connectivity index (χ1) is 13.6. The van der Waals surface area contributed by atoms with Gasteiger partial charge in [0.05, 0.1) is 0 Å². The van der Waals surface area contributed by atoms with E-state index in [-0.39, 0.29) is 0 Å². The molecule has 6 heteroatoms. The van der Waals surface area contributed by atoms with Crippen molar-refractivity contribution < 1.29 is 17.7 Å². The van der Waals surface area contributed by atoms with E-state index in [0.29, 0.717) is 0 Å². The van der Waals surface area contributed by atoms with Gasteiger partial charge in [0.2, 0.25) is 0 Å². The summed E-state index contributed by atoms with van der Waals surface area (Å²) in [7, 11) is -4.54. The summed E-state index contributed by atoms with van der Waals surface area (Å²) in [4.78, 5) is 0. The molecule has 0 unspecified atom stereocenters. The van der Waals surface area contributed by atoms with Gasteiger partial charge < -0.3 is 17.7 Å². The van der Waals surface area contributed by atoms with Crippen molar-refractivity contribution in [3.8, 4) is 0 Å².